The minimum atomic E-state index is -0.535. The normalized spacial score (nSPS) is 12.2. The molecular weight excluding hydrogens is 741 g/mol. The van der Waals surface area contributed by atoms with E-state index in [1.165, 1.54) is 205 Å². The highest BCUT2D eigenvalue weighted by atomic mass is 16.6. The molecule has 0 N–H and O–H groups in total. The molecule has 5 heteroatoms. The van der Waals surface area contributed by atoms with E-state index in [1.54, 1.807) is 0 Å². The van der Waals surface area contributed by atoms with Crippen molar-refractivity contribution in [1.82, 2.24) is 0 Å². The van der Waals surface area contributed by atoms with E-state index in [-0.39, 0.29) is 18.5 Å². The highest BCUT2D eigenvalue weighted by Gasteiger charge is 2.17. The van der Waals surface area contributed by atoms with Gasteiger partial charge >= 0.3 is 11.9 Å². The van der Waals surface area contributed by atoms with Gasteiger partial charge in [-0.3, -0.25) is 9.59 Å². The van der Waals surface area contributed by atoms with Crippen LogP contribution in [-0.2, 0) is 23.8 Å². The summed E-state index contributed by atoms with van der Waals surface area (Å²) in [6.45, 7) is 7.81. The van der Waals surface area contributed by atoms with Crippen molar-refractivity contribution in [1.29, 1.82) is 0 Å². The van der Waals surface area contributed by atoms with Crippen LogP contribution in [0.3, 0.4) is 0 Å². The van der Waals surface area contributed by atoms with Crippen molar-refractivity contribution in [3.63, 3.8) is 0 Å². The van der Waals surface area contributed by atoms with Gasteiger partial charge in [0.05, 0.1) is 6.61 Å². The van der Waals surface area contributed by atoms with E-state index in [4.69, 9.17) is 14.2 Å². The fourth-order valence-electron chi connectivity index (χ4n) is 7.96. The first-order chi connectivity index (χ1) is 29.6. The molecule has 0 aromatic rings. The lowest BCUT2D eigenvalue weighted by molar-refractivity contribution is -0.163. The van der Waals surface area contributed by atoms with Crippen LogP contribution in [0, 0.1) is 0 Å². The van der Waals surface area contributed by atoms with Gasteiger partial charge in [0.25, 0.3) is 0 Å². The Hall–Kier alpha value is -1.62. The van der Waals surface area contributed by atoms with Crippen molar-refractivity contribution in [3.8, 4) is 0 Å². The molecule has 0 heterocycles. The van der Waals surface area contributed by atoms with Gasteiger partial charge in [-0.15, -0.1) is 0 Å². The number of hydrogen-bond acceptors (Lipinski definition) is 5. The molecule has 0 aliphatic rings. The maximum absolute atomic E-state index is 12.8. The lowest BCUT2D eigenvalue weighted by Crippen LogP contribution is -2.30. The molecule has 0 aliphatic carbocycles. The monoisotopic (exact) mass is 845 g/mol. The Labute approximate surface area is 375 Å². The fourth-order valence-corrected chi connectivity index (χ4v) is 7.96. The van der Waals surface area contributed by atoms with Gasteiger partial charge in [-0.25, -0.2) is 0 Å². The zero-order valence-electron chi connectivity index (χ0n) is 40.7. The topological polar surface area (TPSA) is 61.8 Å². The number of carbonyl (C=O) groups is 2. The highest BCUT2D eigenvalue weighted by molar-refractivity contribution is 5.70. The molecule has 1 unspecified atom stereocenters. The van der Waals surface area contributed by atoms with Crippen LogP contribution >= 0.6 is 0 Å². The number of hydrogen-bond donors (Lipinski definition) is 0. The van der Waals surface area contributed by atoms with Gasteiger partial charge in [0, 0.05) is 19.4 Å². The zero-order chi connectivity index (χ0) is 43.5. The van der Waals surface area contributed by atoms with Crippen LogP contribution < -0.4 is 0 Å². The van der Waals surface area contributed by atoms with Gasteiger partial charge in [-0.1, -0.05) is 257 Å². The minimum Gasteiger partial charge on any atom is -0.462 e. The molecule has 0 rings (SSSR count). The average Bonchev–Trinajstić information content (AvgIpc) is 3.25. The molecule has 354 valence electrons. The second-order valence-corrected chi connectivity index (χ2v) is 18.1. The van der Waals surface area contributed by atoms with Crippen LogP contribution in [0.2, 0.25) is 0 Å². The Morgan fingerprint density at radius 1 is 0.367 bits per heavy atom. The van der Waals surface area contributed by atoms with E-state index >= 15 is 0 Å². The number of unbranched alkanes of at least 4 members (excludes halogenated alkanes) is 35. The molecule has 1 atom stereocenters. The molecule has 0 bridgehead atoms. The highest BCUT2D eigenvalue weighted by Crippen LogP contribution is 2.16. The molecule has 0 fully saturated rings. The summed E-state index contributed by atoms with van der Waals surface area (Å²) in [7, 11) is 0. The summed E-state index contributed by atoms with van der Waals surface area (Å²) in [4.78, 5) is 25.4. The predicted molar refractivity (Wildman–Crippen MR) is 261 cm³/mol. The van der Waals surface area contributed by atoms with Crippen LogP contribution in [0.5, 0.6) is 0 Å². The van der Waals surface area contributed by atoms with Crippen LogP contribution in [0.25, 0.3) is 0 Å². The van der Waals surface area contributed by atoms with Gasteiger partial charge in [-0.2, -0.15) is 0 Å². The summed E-state index contributed by atoms with van der Waals surface area (Å²) < 4.78 is 17.4. The summed E-state index contributed by atoms with van der Waals surface area (Å²) in [5, 5.41) is 0. The first kappa shape index (κ1) is 58.4. The van der Waals surface area contributed by atoms with E-state index in [2.05, 4.69) is 45.1 Å². The van der Waals surface area contributed by atoms with Gasteiger partial charge in [0.1, 0.15) is 6.61 Å². The molecule has 0 saturated heterocycles. The third-order valence-electron chi connectivity index (χ3n) is 12.0. The quantitative estimate of drug-likeness (QED) is 0.0347. The van der Waals surface area contributed by atoms with E-state index in [9.17, 15) is 9.59 Å². The van der Waals surface area contributed by atoms with E-state index in [0.717, 1.165) is 51.4 Å². The number of carbonyl (C=O) groups excluding carboxylic acids is 2. The Morgan fingerprint density at radius 3 is 1.17 bits per heavy atom. The SMILES string of the molecule is CCC/C=C\C/C=C\CCCCCCCC(=O)OC(COCCCCCCCCCCCCCCCC)COC(=O)CCCCCCCCCCCCCCCCCCC. The molecule has 0 saturated carbocycles. The van der Waals surface area contributed by atoms with Crippen molar-refractivity contribution >= 4 is 11.9 Å². The number of esters is 2. The zero-order valence-corrected chi connectivity index (χ0v) is 40.7. The molecule has 0 aliphatic heterocycles. The molecule has 0 amide bonds. The van der Waals surface area contributed by atoms with Crippen LogP contribution in [-0.4, -0.2) is 37.9 Å². The standard InChI is InChI=1S/C55H104O5/c1-4-7-10-13-16-19-22-25-27-28-29-31-33-36-39-42-45-48-54(56)59-52-53(51-58-50-47-44-41-38-35-32-26-23-20-17-14-11-8-5-2)60-55(57)49-46-43-40-37-34-30-24-21-18-15-12-9-6-3/h12,15,21,24,53H,4-11,13-14,16-20,22-23,25-52H2,1-3H3/b15-12-,24-21-. The van der Waals surface area contributed by atoms with E-state index in [0.29, 0.717) is 26.1 Å². The van der Waals surface area contributed by atoms with Gasteiger partial charge in [0.2, 0.25) is 0 Å². The first-order valence-electron chi connectivity index (χ1n) is 26.9. The summed E-state index contributed by atoms with van der Waals surface area (Å²) in [6.07, 6.45) is 60.4. The molecule has 0 aromatic carbocycles. The fraction of sp³-hybridized carbons (Fsp3) is 0.891. The number of ether oxygens (including phenoxy) is 3. The molecule has 60 heavy (non-hydrogen) atoms. The van der Waals surface area contributed by atoms with Gasteiger partial charge < -0.3 is 14.2 Å². The Kier molecular flexibility index (Phi) is 50.3. The lowest BCUT2D eigenvalue weighted by atomic mass is 10.0. The Bertz CT molecular complexity index is 913. The van der Waals surface area contributed by atoms with E-state index < -0.39 is 6.10 Å². The predicted octanol–water partition coefficient (Wildman–Crippen LogP) is 18.0. The summed E-state index contributed by atoms with van der Waals surface area (Å²) >= 11 is 0. The molecular formula is C55H104O5. The second kappa shape index (κ2) is 51.7. The average molecular weight is 845 g/mol. The summed E-state index contributed by atoms with van der Waals surface area (Å²) in [5.74, 6) is -0.393. The third kappa shape index (κ3) is 49.0. The maximum Gasteiger partial charge on any atom is 0.306 e. The van der Waals surface area contributed by atoms with Crippen molar-refractivity contribution in [2.75, 3.05) is 19.8 Å². The third-order valence-corrected chi connectivity index (χ3v) is 12.0. The Balaban J connectivity index is 4.20. The molecule has 0 aromatic heterocycles. The second-order valence-electron chi connectivity index (χ2n) is 18.1. The minimum absolute atomic E-state index is 0.0875. The van der Waals surface area contributed by atoms with Crippen molar-refractivity contribution < 1.29 is 23.8 Å². The van der Waals surface area contributed by atoms with Crippen molar-refractivity contribution in [2.24, 2.45) is 0 Å². The Morgan fingerprint density at radius 2 is 0.733 bits per heavy atom. The van der Waals surface area contributed by atoms with Crippen LogP contribution in [0.4, 0.5) is 0 Å². The van der Waals surface area contributed by atoms with E-state index in [1.807, 2.05) is 0 Å². The lowest BCUT2D eigenvalue weighted by Gasteiger charge is -2.18. The van der Waals surface area contributed by atoms with Gasteiger partial charge in [-0.05, 0) is 44.9 Å². The first-order valence-corrected chi connectivity index (χ1v) is 26.9. The maximum atomic E-state index is 12.8. The smallest absolute Gasteiger partial charge is 0.306 e. The summed E-state index contributed by atoms with van der Waals surface area (Å²) in [6, 6.07) is 0. The summed E-state index contributed by atoms with van der Waals surface area (Å²) in [5.41, 5.74) is 0. The number of allylic oxidation sites excluding steroid dienone is 4. The molecule has 5 nitrogen and oxygen atoms in total. The van der Waals surface area contributed by atoms with Crippen LogP contribution in [0.1, 0.15) is 290 Å². The number of rotatable bonds is 50. The van der Waals surface area contributed by atoms with Crippen molar-refractivity contribution in [2.45, 2.75) is 297 Å². The van der Waals surface area contributed by atoms with Gasteiger partial charge in [0.15, 0.2) is 6.10 Å². The van der Waals surface area contributed by atoms with Crippen LogP contribution in [0.15, 0.2) is 24.3 Å². The van der Waals surface area contributed by atoms with Crippen molar-refractivity contribution in [3.05, 3.63) is 24.3 Å². The largest absolute Gasteiger partial charge is 0.462 e. The molecule has 0 spiro atoms. The molecule has 0 radical (unpaired) electrons.